The molecule has 0 amide bonds. The summed E-state index contributed by atoms with van der Waals surface area (Å²) in [5, 5.41) is 19.0. The molecule has 2 aromatic rings. The van der Waals surface area contributed by atoms with Gasteiger partial charge in [-0.3, -0.25) is 0 Å². The van der Waals surface area contributed by atoms with Crippen molar-refractivity contribution in [1.29, 1.82) is 0 Å². The molecule has 2 aromatic carbocycles. The fourth-order valence-electron chi connectivity index (χ4n) is 4.26. The van der Waals surface area contributed by atoms with E-state index in [-0.39, 0.29) is 10.8 Å². The second kappa shape index (κ2) is 6.16. The van der Waals surface area contributed by atoms with Crippen LogP contribution in [0.5, 0.6) is 11.5 Å². The molecular formula is C22H28O2. The molecule has 1 fully saturated rings. The zero-order chi connectivity index (χ0) is 17.4. The molecular weight excluding hydrogens is 296 g/mol. The van der Waals surface area contributed by atoms with E-state index in [0.717, 1.165) is 0 Å². The molecule has 128 valence electrons. The average molecular weight is 324 g/mol. The topological polar surface area (TPSA) is 40.5 Å². The van der Waals surface area contributed by atoms with Crippen LogP contribution in [0.2, 0.25) is 0 Å². The van der Waals surface area contributed by atoms with Crippen LogP contribution in [0, 0.1) is 5.92 Å². The molecule has 1 saturated carbocycles. The summed E-state index contributed by atoms with van der Waals surface area (Å²) in [6.45, 7) is 7.00. The number of rotatable bonds is 3. The summed E-state index contributed by atoms with van der Waals surface area (Å²) in [4.78, 5) is 0. The Morgan fingerprint density at radius 2 is 1.29 bits per heavy atom. The summed E-state index contributed by atoms with van der Waals surface area (Å²) >= 11 is 0. The molecule has 1 aliphatic carbocycles. The minimum Gasteiger partial charge on any atom is -0.508 e. The van der Waals surface area contributed by atoms with Gasteiger partial charge in [0.15, 0.2) is 0 Å². The van der Waals surface area contributed by atoms with Gasteiger partial charge in [-0.25, -0.2) is 0 Å². The lowest BCUT2D eigenvalue weighted by Gasteiger charge is -2.44. The summed E-state index contributed by atoms with van der Waals surface area (Å²) in [5.41, 5.74) is 2.96. The van der Waals surface area contributed by atoms with E-state index >= 15 is 0 Å². The standard InChI is InChI=1S/C22H28O2/c1-21(2,16-4-8-19(23)9-5-16)17-12-14-22(3,15-13-17)18-6-10-20(24)11-7-18/h4-11,17,23-24H,12-15H2,1-3H3. The summed E-state index contributed by atoms with van der Waals surface area (Å²) in [5.74, 6) is 1.31. The molecule has 2 heteroatoms. The van der Waals surface area contributed by atoms with Crippen molar-refractivity contribution in [2.24, 2.45) is 5.92 Å². The second-order valence-electron chi connectivity index (χ2n) is 8.15. The first-order valence-electron chi connectivity index (χ1n) is 8.90. The van der Waals surface area contributed by atoms with E-state index in [1.54, 1.807) is 24.3 Å². The Bertz CT molecular complexity index is 675. The Balaban J connectivity index is 1.74. The third-order valence-corrected chi connectivity index (χ3v) is 6.29. The van der Waals surface area contributed by atoms with Crippen molar-refractivity contribution in [3.8, 4) is 11.5 Å². The van der Waals surface area contributed by atoms with Crippen molar-refractivity contribution in [2.45, 2.75) is 57.3 Å². The van der Waals surface area contributed by atoms with Crippen LogP contribution in [0.3, 0.4) is 0 Å². The van der Waals surface area contributed by atoms with Gasteiger partial charge in [-0.15, -0.1) is 0 Å². The maximum atomic E-state index is 9.53. The van der Waals surface area contributed by atoms with Crippen molar-refractivity contribution in [3.63, 3.8) is 0 Å². The molecule has 0 saturated heterocycles. The maximum Gasteiger partial charge on any atom is 0.115 e. The highest BCUT2D eigenvalue weighted by Crippen LogP contribution is 2.48. The summed E-state index contributed by atoms with van der Waals surface area (Å²) < 4.78 is 0. The Morgan fingerprint density at radius 1 is 0.833 bits per heavy atom. The highest BCUT2D eigenvalue weighted by molar-refractivity contribution is 5.33. The van der Waals surface area contributed by atoms with Crippen LogP contribution in [0.15, 0.2) is 48.5 Å². The maximum absolute atomic E-state index is 9.53. The molecule has 2 nitrogen and oxygen atoms in total. The Labute approximate surface area is 145 Å². The summed E-state index contributed by atoms with van der Waals surface area (Å²) in [7, 11) is 0. The smallest absolute Gasteiger partial charge is 0.115 e. The van der Waals surface area contributed by atoms with Gasteiger partial charge in [-0.1, -0.05) is 45.0 Å². The van der Waals surface area contributed by atoms with Crippen molar-refractivity contribution in [2.75, 3.05) is 0 Å². The zero-order valence-corrected chi connectivity index (χ0v) is 14.9. The number of hydrogen-bond donors (Lipinski definition) is 2. The highest BCUT2D eigenvalue weighted by Gasteiger charge is 2.39. The first kappa shape index (κ1) is 16.9. The van der Waals surface area contributed by atoms with Gasteiger partial charge in [0.25, 0.3) is 0 Å². The Hall–Kier alpha value is -1.96. The number of benzene rings is 2. The van der Waals surface area contributed by atoms with E-state index < -0.39 is 0 Å². The van der Waals surface area contributed by atoms with Gasteiger partial charge in [0.05, 0.1) is 0 Å². The second-order valence-corrected chi connectivity index (χ2v) is 8.15. The molecule has 24 heavy (non-hydrogen) atoms. The number of phenols is 2. The molecule has 3 rings (SSSR count). The lowest BCUT2D eigenvalue weighted by molar-refractivity contribution is 0.178. The minimum absolute atomic E-state index is 0.115. The first-order valence-corrected chi connectivity index (χ1v) is 8.90. The minimum atomic E-state index is 0.115. The predicted molar refractivity (Wildman–Crippen MR) is 98.5 cm³/mol. The fraction of sp³-hybridized carbons (Fsp3) is 0.455. The number of phenolic OH excluding ortho intramolecular Hbond substituents is 2. The van der Waals surface area contributed by atoms with Gasteiger partial charge >= 0.3 is 0 Å². The molecule has 2 N–H and O–H groups in total. The molecule has 0 spiro atoms. The van der Waals surface area contributed by atoms with Crippen LogP contribution < -0.4 is 0 Å². The molecule has 0 atom stereocenters. The quantitative estimate of drug-likeness (QED) is 0.780. The molecule has 1 aliphatic rings. The zero-order valence-electron chi connectivity index (χ0n) is 14.9. The van der Waals surface area contributed by atoms with Crippen LogP contribution in [0.25, 0.3) is 0 Å². The Kier molecular flexibility index (Phi) is 4.33. The lowest BCUT2D eigenvalue weighted by atomic mass is 9.60. The average Bonchev–Trinajstić information content (AvgIpc) is 2.56. The third-order valence-electron chi connectivity index (χ3n) is 6.29. The van der Waals surface area contributed by atoms with Crippen LogP contribution in [0.4, 0.5) is 0 Å². The van der Waals surface area contributed by atoms with Gasteiger partial charge in [0, 0.05) is 0 Å². The fourth-order valence-corrected chi connectivity index (χ4v) is 4.26. The van der Waals surface area contributed by atoms with Gasteiger partial charge in [-0.05, 0) is 77.8 Å². The summed E-state index contributed by atoms with van der Waals surface area (Å²) in [6, 6.07) is 15.4. The van der Waals surface area contributed by atoms with Crippen LogP contribution in [-0.4, -0.2) is 10.2 Å². The summed E-state index contributed by atoms with van der Waals surface area (Å²) in [6.07, 6.45) is 4.74. The van der Waals surface area contributed by atoms with Gasteiger partial charge in [-0.2, -0.15) is 0 Å². The molecule has 0 radical (unpaired) electrons. The van der Waals surface area contributed by atoms with Crippen LogP contribution in [0.1, 0.15) is 57.6 Å². The first-order chi connectivity index (χ1) is 11.3. The normalized spacial score (nSPS) is 24.7. The SMILES string of the molecule is CC1(c2ccc(O)cc2)CCC(C(C)(C)c2ccc(O)cc2)CC1. The van der Waals surface area contributed by atoms with Crippen molar-refractivity contribution < 1.29 is 10.2 Å². The van der Waals surface area contributed by atoms with E-state index in [1.165, 1.54) is 36.8 Å². The van der Waals surface area contributed by atoms with Crippen LogP contribution >= 0.6 is 0 Å². The van der Waals surface area contributed by atoms with Crippen LogP contribution in [-0.2, 0) is 10.8 Å². The number of aromatic hydroxyl groups is 2. The van der Waals surface area contributed by atoms with Gasteiger partial charge in [0.1, 0.15) is 11.5 Å². The third kappa shape index (κ3) is 3.15. The van der Waals surface area contributed by atoms with E-state index in [4.69, 9.17) is 0 Å². The van der Waals surface area contributed by atoms with Crippen molar-refractivity contribution in [1.82, 2.24) is 0 Å². The van der Waals surface area contributed by atoms with E-state index in [0.29, 0.717) is 17.4 Å². The van der Waals surface area contributed by atoms with Crippen molar-refractivity contribution in [3.05, 3.63) is 59.7 Å². The van der Waals surface area contributed by atoms with Crippen molar-refractivity contribution >= 4 is 0 Å². The largest absolute Gasteiger partial charge is 0.508 e. The monoisotopic (exact) mass is 324 g/mol. The van der Waals surface area contributed by atoms with E-state index in [1.807, 2.05) is 0 Å². The lowest BCUT2D eigenvalue weighted by Crippen LogP contribution is -2.36. The number of hydrogen-bond acceptors (Lipinski definition) is 2. The van der Waals surface area contributed by atoms with Gasteiger partial charge in [0.2, 0.25) is 0 Å². The highest BCUT2D eigenvalue weighted by atomic mass is 16.3. The molecule has 0 aromatic heterocycles. The molecule has 0 heterocycles. The predicted octanol–water partition coefficient (Wildman–Crippen LogP) is 5.52. The van der Waals surface area contributed by atoms with E-state index in [2.05, 4.69) is 45.0 Å². The molecule has 0 bridgehead atoms. The molecule has 0 aliphatic heterocycles. The molecule has 0 unspecified atom stereocenters. The Morgan fingerprint density at radius 3 is 1.79 bits per heavy atom. The van der Waals surface area contributed by atoms with E-state index in [9.17, 15) is 10.2 Å². The van der Waals surface area contributed by atoms with Gasteiger partial charge < -0.3 is 10.2 Å².